The topological polar surface area (TPSA) is 0 Å². The summed E-state index contributed by atoms with van der Waals surface area (Å²) < 4.78 is 0. The van der Waals surface area contributed by atoms with Crippen molar-refractivity contribution in [1.29, 1.82) is 0 Å². The summed E-state index contributed by atoms with van der Waals surface area (Å²) >= 11 is 0. The third-order valence-corrected chi connectivity index (χ3v) is 5.51. The van der Waals surface area contributed by atoms with E-state index in [-0.39, 0.29) is 27.1 Å². The van der Waals surface area contributed by atoms with E-state index in [0.717, 1.165) is 0 Å². The quantitative estimate of drug-likeness (QED) is 0.453. The maximum atomic E-state index is 2.52. The predicted molar refractivity (Wildman–Crippen MR) is 129 cm³/mol. The molecule has 0 saturated carbocycles. The molecule has 1 aromatic rings. The first-order valence-electron chi connectivity index (χ1n) is 11.0. The summed E-state index contributed by atoms with van der Waals surface area (Å²) in [7, 11) is 0. The van der Waals surface area contributed by atoms with Gasteiger partial charge in [-0.05, 0) is 49.3 Å². The Labute approximate surface area is 177 Å². The lowest BCUT2D eigenvalue weighted by Crippen LogP contribution is -2.26. The third-order valence-electron chi connectivity index (χ3n) is 5.51. The van der Waals surface area contributed by atoms with Gasteiger partial charge < -0.3 is 0 Å². The van der Waals surface area contributed by atoms with Gasteiger partial charge in [-0.1, -0.05) is 128 Å². The van der Waals surface area contributed by atoms with Gasteiger partial charge in [-0.25, -0.2) is 0 Å². The molecule has 160 valence electrons. The van der Waals surface area contributed by atoms with Crippen molar-refractivity contribution in [2.24, 2.45) is 10.8 Å². The van der Waals surface area contributed by atoms with Gasteiger partial charge >= 0.3 is 0 Å². The Hall–Kier alpha value is -1.04. The van der Waals surface area contributed by atoms with E-state index >= 15 is 0 Å². The second-order valence-corrected chi connectivity index (χ2v) is 13.8. The molecule has 0 nitrogen and oxygen atoms in total. The molecule has 0 aromatic heterocycles. The van der Waals surface area contributed by atoms with Crippen LogP contribution in [-0.2, 0) is 16.2 Å². The summed E-state index contributed by atoms with van der Waals surface area (Å²) in [4.78, 5) is 0. The molecule has 0 N–H and O–H groups in total. The fourth-order valence-electron chi connectivity index (χ4n) is 4.35. The van der Waals surface area contributed by atoms with Gasteiger partial charge in [-0.15, -0.1) is 0 Å². The van der Waals surface area contributed by atoms with E-state index in [9.17, 15) is 0 Å². The Morgan fingerprint density at radius 2 is 1.00 bits per heavy atom. The van der Waals surface area contributed by atoms with E-state index < -0.39 is 0 Å². The van der Waals surface area contributed by atoms with Crippen LogP contribution in [0.15, 0.2) is 17.7 Å². The molecule has 0 fully saturated rings. The molecule has 0 bridgehead atoms. The zero-order chi connectivity index (χ0) is 22.5. The lowest BCUT2D eigenvalue weighted by molar-refractivity contribution is 0.366. The monoisotopic (exact) mass is 384 g/mol. The standard InChI is InChI=1S/C28H48/c1-24(2,3)20-16-19(17-22(26(7,8)9)27(10,11)12)23(28(13,14)15)21(18-20)25(4,5)6/h16-18H,1-15H3. The molecule has 0 heterocycles. The third kappa shape index (κ3) is 5.98. The highest BCUT2D eigenvalue weighted by atomic mass is 14.4. The van der Waals surface area contributed by atoms with Crippen LogP contribution in [0.3, 0.4) is 0 Å². The molecule has 0 saturated heterocycles. The summed E-state index contributed by atoms with van der Waals surface area (Å²) in [5, 5.41) is 0. The van der Waals surface area contributed by atoms with Gasteiger partial charge in [0.1, 0.15) is 0 Å². The minimum Gasteiger partial charge on any atom is -0.0589 e. The van der Waals surface area contributed by atoms with E-state index in [1.54, 1.807) is 0 Å². The van der Waals surface area contributed by atoms with Crippen LogP contribution in [-0.4, -0.2) is 0 Å². The minimum atomic E-state index is 0.0890. The van der Waals surface area contributed by atoms with Crippen LogP contribution in [0.25, 0.3) is 6.08 Å². The van der Waals surface area contributed by atoms with Crippen molar-refractivity contribution in [2.45, 2.75) is 120 Å². The minimum absolute atomic E-state index is 0.0890. The molecule has 0 unspecified atom stereocenters. The summed E-state index contributed by atoms with van der Waals surface area (Å²) in [6.45, 7) is 35.2. The van der Waals surface area contributed by atoms with Gasteiger partial charge in [0.25, 0.3) is 0 Å². The second-order valence-electron chi connectivity index (χ2n) is 13.8. The zero-order valence-corrected chi connectivity index (χ0v) is 21.7. The van der Waals surface area contributed by atoms with Crippen molar-refractivity contribution in [3.8, 4) is 0 Å². The Bertz CT molecular complexity index is 705. The molecule has 0 spiro atoms. The van der Waals surface area contributed by atoms with Crippen molar-refractivity contribution in [3.05, 3.63) is 40.0 Å². The van der Waals surface area contributed by atoms with E-state index in [4.69, 9.17) is 0 Å². The van der Waals surface area contributed by atoms with E-state index in [2.05, 4.69) is 122 Å². The molecule has 0 aliphatic heterocycles. The van der Waals surface area contributed by atoms with E-state index in [1.165, 1.54) is 27.8 Å². The summed E-state index contributed by atoms with van der Waals surface area (Å²) in [5.74, 6) is 0. The first-order chi connectivity index (χ1) is 12.1. The highest BCUT2D eigenvalue weighted by Crippen LogP contribution is 2.44. The second kappa shape index (κ2) is 7.33. The van der Waals surface area contributed by atoms with E-state index in [1.807, 2.05) is 0 Å². The van der Waals surface area contributed by atoms with Crippen molar-refractivity contribution < 1.29 is 0 Å². The normalized spacial score (nSPS) is 14.2. The zero-order valence-electron chi connectivity index (χ0n) is 21.7. The van der Waals surface area contributed by atoms with Gasteiger partial charge in [0.15, 0.2) is 0 Å². The Balaban J connectivity index is 4.14. The van der Waals surface area contributed by atoms with Crippen molar-refractivity contribution in [3.63, 3.8) is 0 Å². The Morgan fingerprint density at radius 3 is 1.29 bits per heavy atom. The highest BCUT2D eigenvalue weighted by Gasteiger charge is 2.32. The van der Waals surface area contributed by atoms with Crippen LogP contribution < -0.4 is 0 Å². The molecule has 0 heteroatoms. The van der Waals surface area contributed by atoms with Crippen molar-refractivity contribution in [1.82, 2.24) is 0 Å². The number of hydrogen-bond acceptors (Lipinski definition) is 0. The van der Waals surface area contributed by atoms with Crippen LogP contribution in [0.1, 0.15) is 126 Å². The maximum Gasteiger partial charge on any atom is -0.0123 e. The SMILES string of the molecule is CC(C)(C)C(=Cc1cc(C(C)(C)C)cc(C(C)(C)C)c1C(C)(C)C)C(C)(C)C. The number of benzene rings is 1. The lowest BCUT2D eigenvalue weighted by Gasteiger charge is -2.37. The molecule has 0 aliphatic rings. The average Bonchev–Trinajstić information content (AvgIpc) is 2.38. The molecule has 0 radical (unpaired) electrons. The van der Waals surface area contributed by atoms with E-state index in [0.29, 0.717) is 0 Å². The van der Waals surface area contributed by atoms with Gasteiger partial charge in [0.2, 0.25) is 0 Å². The molecule has 1 rings (SSSR count). The Kier molecular flexibility index (Phi) is 6.55. The molecular weight excluding hydrogens is 336 g/mol. The average molecular weight is 385 g/mol. The summed E-state index contributed by atoms with van der Waals surface area (Å²) in [6.07, 6.45) is 2.52. The van der Waals surface area contributed by atoms with Crippen molar-refractivity contribution in [2.75, 3.05) is 0 Å². The number of rotatable bonds is 1. The van der Waals surface area contributed by atoms with Gasteiger partial charge in [-0.3, -0.25) is 0 Å². The van der Waals surface area contributed by atoms with Crippen LogP contribution in [0.5, 0.6) is 0 Å². The number of hydrogen-bond donors (Lipinski definition) is 0. The largest absolute Gasteiger partial charge is 0.0589 e. The summed E-state index contributed by atoms with van der Waals surface area (Å²) in [5.41, 5.74) is 7.92. The van der Waals surface area contributed by atoms with Gasteiger partial charge in [0, 0.05) is 0 Å². The summed E-state index contributed by atoms with van der Waals surface area (Å²) in [6, 6.07) is 4.94. The highest BCUT2D eigenvalue weighted by molar-refractivity contribution is 5.65. The number of allylic oxidation sites excluding steroid dienone is 1. The van der Waals surface area contributed by atoms with Gasteiger partial charge in [0.05, 0.1) is 0 Å². The predicted octanol–water partition coefficient (Wildman–Crippen LogP) is 9.05. The fraction of sp³-hybridized carbons (Fsp3) is 0.714. The molecule has 28 heavy (non-hydrogen) atoms. The maximum absolute atomic E-state index is 2.52. The Morgan fingerprint density at radius 1 is 0.571 bits per heavy atom. The van der Waals surface area contributed by atoms with Crippen LogP contribution in [0, 0.1) is 10.8 Å². The van der Waals surface area contributed by atoms with Crippen molar-refractivity contribution >= 4 is 6.08 Å². The molecule has 1 aromatic carbocycles. The first kappa shape index (κ1) is 25.0. The van der Waals surface area contributed by atoms with Crippen LogP contribution >= 0.6 is 0 Å². The molecular formula is C28H48. The van der Waals surface area contributed by atoms with Gasteiger partial charge in [-0.2, -0.15) is 0 Å². The first-order valence-corrected chi connectivity index (χ1v) is 11.0. The molecule has 0 aliphatic carbocycles. The van der Waals surface area contributed by atoms with Crippen LogP contribution in [0.2, 0.25) is 0 Å². The fourth-order valence-corrected chi connectivity index (χ4v) is 4.35. The lowest BCUT2D eigenvalue weighted by atomic mass is 9.68. The molecule has 0 amide bonds. The smallest absolute Gasteiger partial charge is 0.0123 e. The molecule has 0 atom stereocenters. The van der Waals surface area contributed by atoms with Crippen LogP contribution in [0.4, 0.5) is 0 Å².